The predicted molar refractivity (Wildman–Crippen MR) is 130 cm³/mol. The van der Waals surface area contributed by atoms with Gasteiger partial charge in [-0.1, -0.05) is 48.0 Å². The first-order valence-electron chi connectivity index (χ1n) is 11.2. The van der Waals surface area contributed by atoms with Gasteiger partial charge in [0.05, 0.1) is 17.7 Å². The summed E-state index contributed by atoms with van der Waals surface area (Å²) in [6.45, 7) is 2.83. The van der Waals surface area contributed by atoms with Gasteiger partial charge in [0.2, 0.25) is 0 Å². The van der Waals surface area contributed by atoms with Gasteiger partial charge < -0.3 is 24.8 Å². The van der Waals surface area contributed by atoms with Crippen molar-refractivity contribution in [3.05, 3.63) is 89.0 Å². The summed E-state index contributed by atoms with van der Waals surface area (Å²) in [6.07, 6.45) is -0.0120. The Labute approximate surface area is 203 Å². The average molecular weight is 475 g/mol. The predicted octanol–water partition coefficient (Wildman–Crippen LogP) is 3.42. The molecular weight excluding hydrogens is 448 g/mol. The number of fused-ring (bicyclic) bond motifs is 1. The van der Waals surface area contributed by atoms with Crippen LogP contribution in [0.4, 0.5) is 5.69 Å². The zero-order valence-electron chi connectivity index (χ0n) is 19.3. The van der Waals surface area contributed by atoms with E-state index in [9.17, 15) is 14.4 Å². The van der Waals surface area contributed by atoms with E-state index in [1.165, 1.54) is 0 Å². The summed E-state index contributed by atoms with van der Waals surface area (Å²) in [6, 6.07) is 19.7. The number of hydrogen-bond donors (Lipinski definition) is 2. The molecule has 0 aliphatic carbocycles. The lowest BCUT2D eigenvalue weighted by Crippen LogP contribution is -2.26. The molecule has 3 aromatic rings. The molecule has 1 heterocycles. The van der Waals surface area contributed by atoms with Crippen molar-refractivity contribution in [1.82, 2.24) is 5.32 Å². The van der Waals surface area contributed by atoms with Crippen molar-refractivity contribution in [3.63, 3.8) is 0 Å². The molecule has 180 valence electrons. The molecule has 35 heavy (non-hydrogen) atoms. The molecule has 8 nitrogen and oxygen atoms in total. The highest BCUT2D eigenvalue weighted by molar-refractivity contribution is 6.04. The molecule has 0 fully saturated rings. The minimum Gasteiger partial charge on any atom is -0.486 e. The molecule has 1 aliphatic rings. The van der Waals surface area contributed by atoms with Crippen LogP contribution < -0.4 is 20.1 Å². The molecule has 0 radical (unpaired) electrons. The summed E-state index contributed by atoms with van der Waals surface area (Å²) in [5, 5.41) is 5.50. The zero-order chi connectivity index (χ0) is 24.6. The second-order valence-corrected chi connectivity index (χ2v) is 8.08. The average Bonchev–Trinajstić information content (AvgIpc) is 2.87. The molecular formula is C27H26N2O6. The Morgan fingerprint density at radius 1 is 0.886 bits per heavy atom. The SMILES string of the molecule is Cc1ccc(CNC(=O)c2ccccc2NC(=O)COC(=O)Cc2ccc3c(c2)OCCO3)cc1. The lowest BCUT2D eigenvalue weighted by Gasteiger charge is -2.18. The van der Waals surface area contributed by atoms with Crippen LogP contribution in [0.25, 0.3) is 0 Å². The fourth-order valence-corrected chi connectivity index (χ4v) is 3.52. The van der Waals surface area contributed by atoms with Gasteiger partial charge in [-0.3, -0.25) is 14.4 Å². The molecule has 0 saturated carbocycles. The minimum absolute atomic E-state index is 0.0120. The molecule has 2 amide bonds. The van der Waals surface area contributed by atoms with Crippen molar-refractivity contribution in [2.45, 2.75) is 19.9 Å². The van der Waals surface area contributed by atoms with E-state index < -0.39 is 18.5 Å². The van der Waals surface area contributed by atoms with Gasteiger partial charge in [-0.2, -0.15) is 0 Å². The second-order valence-electron chi connectivity index (χ2n) is 8.08. The van der Waals surface area contributed by atoms with E-state index in [0.717, 1.165) is 11.1 Å². The van der Waals surface area contributed by atoms with Crippen LogP contribution in [-0.4, -0.2) is 37.6 Å². The minimum atomic E-state index is -0.555. The van der Waals surface area contributed by atoms with Crippen LogP contribution in [-0.2, 0) is 27.3 Å². The smallest absolute Gasteiger partial charge is 0.310 e. The molecule has 3 aromatic carbocycles. The molecule has 4 rings (SSSR count). The van der Waals surface area contributed by atoms with Crippen LogP contribution >= 0.6 is 0 Å². The zero-order valence-corrected chi connectivity index (χ0v) is 19.3. The van der Waals surface area contributed by atoms with E-state index in [0.29, 0.717) is 48.1 Å². The van der Waals surface area contributed by atoms with E-state index in [1.807, 2.05) is 31.2 Å². The highest BCUT2D eigenvalue weighted by Gasteiger charge is 2.16. The Balaban J connectivity index is 1.28. The van der Waals surface area contributed by atoms with E-state index in [1.54, 1.807) is 42.5 Å². The Morgan fingerprint density at radius 3 is 2.40 bits per heavy atom. The number of para-hydroxylation sites is 1. The summed E-state index contributed by atoms with van der Waals surface area (Å²) in [7, 11) is 0. The lowest BCUT2D eigenvalue weighted by molar-refractivity contribution is -0.146. The summed E-state index contributed by atoms with van der Waals surface area (Å²) < 4.78 is 16.1. The molecule has 0 atom stereocenters. The Morgan fingerprint density at radius 2 is 1.60 bits per heavy atom. The first-order chi connectivity index (χ1) is 17.0. The van der Waals surface area contributed by atoms with Crippen molar-refractivity contribution < 1.29 is 28.6 Å². The highest BCUT2D eigenvalue weighted by atomic mass is 16.6. The summed E-state index contributed by atoms with van der Waals surface area (Å²) in [5.41, 5.74) is 3.45. The third-order valence-corrected chi connectivity index (χ3v) is 5.34. The molecule has 0 bridgehead atoms. The van der Waals surface area contributed by atoms with Gasteiger partial charge in [0.25, 0.3) is 11.8 Å². The number of rotatable bonds is 8. The number of anilines is 1. The summed E-state index contributed by atoms with van der Waals surface area (Å²) >= 11 is 0. The molecule has 8 heteroatoms. The quantitative estimate of drug-likeness (QED) is 0.485. The first kappa shape index (κ1) is 23.8. The van der Waals surface area contributed by atoms with Crippen molar-refractivity contribution in [2.24, 2.45) is 0 Å². The number of nitrogens with one attached hydrogen (secondary N) is 2. The van der Waals surface area contributed by atoms with Gasteiger partial charge in [0.1, 0.15) is 13.2 Å². The number of amides is 2. The molecule has 1 aliphatic heterocycles. The maximum Gasteiger partial charge on any atom is 0.310 e. The number of ether oxygens (including phenoxy) is 3. The number of benzene rings is 3. The largest absolute Gasteiger partial charge is 0.486 e. The molecule has 0 spiro atoms. The number of esters is 1. The number of hydrogen-bond acceptors (Lipinski definition) is 6. The third kappa shape index (κ3) is 6.60. The normalized spacial score (nSPS) is 11.9. The topological polar surface area (TPSA) is 103 Å². The molecule has 2 N–H and O–H groups in total. The Kier molecular flexibility index (Phi) is 7.62. The molecule has 0 unspecified atom stereocenters. The van der Waals surface area contributed by atoms with Crippen LogP contribution in [0.5, 0.6) is 11.5 Å². The van der Waals surface area contributed by atoms with Crippen molar-refractivity contribution in [1.29, 1.82) is 0 Å². The first-order valence-corrected chi connectivity index (χ1v) is 11.2. The van der Waals surface area contributed by atoms with Crippen molar-refractivity contribution in [3.8, 4) is 11.5 Å². The van der Waals surface area contributed by atoms with Gasteiger partial charge in [-0.25, -0.2) is 0 Å². The van der Waals surface area contributed by atoms with Gasteiger partial charge in [-0.15, -0.1) is 0 Å². The number of carbonyl (C=O) groups is 3. The lowest BCUT2D eigenvalue weighted by atomic mass is 10.1. The van der Waals surface area contributed by atoms with Gasteiger partial charge in [0.15, 0.2) is 18.1 Å². The van der Waals surface area contributed by atoms with Gasteiger partial charge >= 0.3 is 5.97 Å². The Bertz CT molecular complexity index is 1220. The number of carbonyl (C=O) groups excluding carboxylic acids is 3. The van der Waals surface area contributed by atoms with Gasteiger partial charge in [-0.05, 0) is 42.3 Å². The van der Waals surface area contributed by atoms with E-state index >= 15 is 0 Å². The third-order valence-electron chi connectivity index (χ3n) is 5.34. The van der Waals surface area contributed by atoms with Crippen LogP contribution in [0.1, 0.15) is 27.0 Å². The monoisotopic (exact) mass is 474 g/mol. The van der Waals surface area contributed by atoms with Crippen LogP contribution in [0, 0.1) is 6.92 Å². The molecule has 0 aromatic heterocycles. The number of aryl methyl sites for hydroxylation is 1. The van der Waals surface area contributed by atoms with E-state index in [2.05, 4.69) is 10.6 Å². The standard InChI is InChI=1S/C27H26N2O6/c1-18-6-8-19(9-7-18)16-28-27(32)21-4-2-3-5-22(21)29-25(30)17-35-26(31)15-20-10-11-23-24(14-20)34-13-12-33-23/h2-11,14H,12-13,15-17H2,1H3,(H,28,32)(H,29,30). The van der Waals surface area contributed by atoms with Crippen molar-refractivity contribution in [2.75, 3.05) is 25.1 Å². The van der Waals surface area contributed by atoms with Crippen molar-refractivity contribution >= 4 is 23.5 Å². The van der Waals surface area contributed by atoms with Crippen LogP contribution in [0.2, 0.25) is 0 Å². The van der Waals surface area contributed by atoms with E-state index in [-0.39, 0.29) is 12.3 Å². The maximum atomic E-state index is 12.7. The van der Waals surface area contributed by atoms with Crippen LogP contribution in [0.15, 0.2) is 66.7 Å². The molecule has 0 saturated heterocycles. The summed E-state index contributed by atoms with van der Waals surface area (Å²) in [5.74, 6) is -0.205. The summed E-state index contributed by atoms with van der Waals surface area (Å²) in [4.78, 5) is 37.3. The highest BCUT2D eigenvalue weighted by Crippen LogP contribution is 2.30. The van der Waals surface area contributed by atoms with Crippen LogP contribution in [0.3, 0.4) is 0 Å². The second kappa shape index (κ2) is 11.2. The fourth-order valence-electron chi connectivity index (χ4n) is 3.52. The Hall–Kier alpha value is -4.33. The van der Waals surface area contributed by atoms with E-state index in [4.69, 9.17) is 14.2 Å². The fraction of sp³-hybridized carbons (Fsp3) is 0.222. The maximum absolute atomic E-state index is 12.7. The van der Waals surface area contributed by atoms with Gasteiger partial charge in [0, 0.05) is 6.54 Å².